The van der Waals surface area contributed by atoms with Crippen molar-refractivity contribution in [3.8, 4) is 5.75 Å². The molecule has 2 aliphatic heterocycles. The minimum absolute atomic E-state index is 0.00542. The summed E-state index contributed by atoms with van der Waals surface area (Å²) in [4.78, 5) is 138. The molecule has 8 atom stereocenters. The van der Waals surface area contributed by atoms with Crippen LogP contribution in [0.1, 0.15) is 132 Å². The number of aliphatic imine (C=N–C) groups is 2. The van der Waals surface area contributed by atoms with Crippen LogP contribution in [0, 0.1) is 23.2 Å². The number of hydrogen-bond donors (Lipinski definition) is 10. The number of ketones is 2. The highest BCUT2D eigenvalue weighted by Crippen LogP contribution is 2.30. The number of likely N-dealkylation sites (tertiary alicyclic amines) is 2. The summed E-state index contributed by atoms with van der Waals surface area (Å²) in [5, 5.41) is 28.3. The number of carbonyl (C=O) groups excluding carboxylic acids is 8. The number of nitrogens with one attached hydrogen (secondary N) is 3. The van der Waals surface area contributed by atoms with Crippen molar-refractivity contribution in [2.24, 2.45) is 56.1 Å². The number of aromatic hydroxyl groups is 1. The lowest BCUT2D eigenvalue weighted by Gasteiger charge is -2.36. The summed E-state index contributed by atoms with van der Waals surface area (Å²) in [6.07, 6.45) is 1.38. The number of carbonyl (C=O) groups is 9. The second-order valence-electron chi connectivity index (χ2n) is 22.5. The first kappa shape index (κ1) is 64.8. The smallest absolute Gasteiger partial charge is 0.306 e. The molecule has 1 aromatic carbocycles. The molecular weight excluding hydrogens is 1010 g/mol. The van der Waals surface area contributed by atoms with Crippen LogP contribution >= 0.6 is 12.6 Å². The lowest BCUT2D eigenvalue weighted by Crippen LogP contribution is -2.60. The van der Waals surface area contributed by atoms with Crippen molar-refractivity contribution in [2.45, 2.75) is 173 Å². The van der Waals surface area contributed by atoms with Gasteiger partial charge >= 0.3 is 5.97 Å². The Hall–Kier alpha value is -6.46. The Morgan fingerprint density at radius 2 is 1.31 bits per heavy atom. The van der Waals surface area contributed by atoms with Gasteiger partial charge in [-0.25, -0.2) is 0 Å². The number of aliphatic carboxylic acids is 1. The first-order valence-electron chi connectivity index (χ1n) is 26.5. The molecule has 13 N–H and O–H groups in total. The summed E-state index contributed by atoms with van der Waals surface area (Å²) in [7, 11) is 1.41. The van der Waals surface area contributed by atoms with Gasteiger partial charge in [0.1, 0.15) is 29.9 Å². The second kappa shape index (κ2) is 29.3. The molecular formula is C53H86N12O11S. The number of carboxylic acids is 1. The molecule has 23 nitrogen and oxygen atoms in total. The van der Waals surface area contributed by atoms with Gasteiger partial charge in [-0.05, 0) is 107 Å². The Labute approximate surface area is 458 Å². The van der Waals surface area contributed by atoms with Crippen molar-refractivity contribution < 1.29 is 53.4 Å². The number of carboxylic acid groups (broad SMARTS) is 1. The molecule has 0 aromatic heterocycles. The number of likely N-dealkylation sites (N-methyl/N-ethyl adjacent to an activating group) is 1. The van der Waals surface area contributed by atoms with Crippen molar-refractivity contribution in [1.82, 2.24) is 30.7 Å². The number of nitrogens with zero attached hydrogens (tertiary/aromatic N) is 5. The SMILES string of the molecule is CC(=O)N[C@H](C(=O)N1CCC[C@H]1C(=O)N[C@@H](CCCN=C(N)N)C(=O)N(C)[C@@H](CCCN=C(N)N)C(=O)N1CCC[C@H]1C(=O)C[C@H](Cc1ccc(O)cc1)C(=O)N[C@H](C(=O)C[C@@H](CC(C)C)C(=O)O)C(C)(C)C)C(C)(C)S. The Bertz CT molecular complexity index is 2310. The molecule has 2 fully saturated rings. The fourth-order valence-corrected chi connectivity index (χ4v) is 10.1. The molecule has 2 saturated heterocycles. The molecule has 0 saturated carbocycles. The number of benzene rings is 1. The molecule has 0 aliphatic carbocycles. The number of hydrogen-bond acceptors (Lipinski definition) is 13. The zero-order valence-corrected chi connectivity index (χ0v) is 47.3. The van der Waals surface area contributed by atoms with Crippen molar-refractivity contribution in [1.29, 1.82) is 0 Å². The average molecular weight is 1100 g/mol. The third-order valence-corrected chi connectivity index (χ3v) is 14.2. The van der Waals surface area contributed by atoms with Gasteiger partial charge in [0.15, 0.2) is 23.5 Å². The van der Waals surface area contributed by atoms with E-state index in [1.54, 1.807) is 46.8 Å². The molecule has 0 bridgehead atoms. The van der Waals surface area contributed by atoms with Crippen molar-refractivity contribution in [3.63, 3.8) is 0 Å². The third kappa shape index (κ3) is 20.1. The van der Waals surface area contributed by atoms with Gasteiger partial charge in [-0.1, -0.05) is 46.8 Å². The van der Waals surface area contributed by atoms with Gasteiger partial charge in [0, 0.05) is 63.7 Å². The summed E-state index contributed by atoms with van der Waals surface area (Å²) < 4.78 is -1.01. The van der Waals surface area contributed by atoms with E-state index in [0.29, 0.717) is 18.4 Å². The maximum Gasteiger partial charge on any atom is 0.306 e. The van der Waals surface area contributed by atoms with E-state index in [4.69, 9.17) is 22.9 Å². The summed E-state index contributed by atoms with van der Waals surface area (Å²) in [6, 6.07) is -0.626. The van der Waals surface area contributed by atoms with Crippen LogP contribution in [-0.2, 0) is 49.6 Å². The van der Waals surface area contributed by atoms with E-state index in [0.717, 1.165) is 0 Å². The van der Waals surface area contributed by atoms with E-state index in [-0.39, 0.29) is 114 Å². The van der Waals surface area contributed by atoms with E-state index >= 15 is 4.79 Å². The lowest BCUT2D eigenvalue weighted by atomic mass is 9.80. The molecule has 430 valence electrons. The zero-order valence-electron chi connectivity index (χ0n) is 46.4. The van der Waals surface area contributed by atoms with Crippen LogP contribution < -0.4 is 38.9 Å². The standard InChI is InChI=1S/C53H86N12O11S/c1-30(2)26-34(49(75)76)29-41(69)42(52(4,5)6)62-44(70)33(27-32-18-20-35(67)21-19-32)28-40(68)37-16-12-24-64(37)47(73)39(15-11-23-59-51(56)57)63(9)46(72)36(14-10-22-58-50(54)55)61-45(71)38-17-13-25-65(38)48(74)43(53(7,8)77)60-31(3)66/h18-21,30,33-34,36-39,42-43,67,77H,10-17,22-29H2,1-9H3,(H,60,66)(H,61,71)(H,62,70)(H,75,76)(H4,54,55,58)(H4,56,57,59)/t33-,34+,36-,37-,38-,39-,42+,43+/m0/s1. The predicted octanol–water partition coefficient (Wildman–Crippen LogP) is 1.36. The minimum Gasteiger partial charge on any atom is -0.508 e. The summed E-state index contributed by atoms with van der Waals surface area (Å²) >= 11 is 4.56. The Morgan fingerprint density at radius 1 is 0.766 bits per heavy atom. The number of phenolic OH excluding ortho intramolecular Hbond substituents is 1. The summed E-state index contributed by atoms with van der Waals surface area (Å²) in [6.45, 7) is 14.1. The highest BCUT2D eigenvalue weighted by atomic mass is 32.1. The first-order valence-corrected chi connectivity index (χ1v) is 26.9. The largest absolute Gasteiger partial charge is 0.508 e. The monoisotopic (exact) mass is 1100 g/mol. The zero-order chi connectivity index (χ0) is 58.1. The Balaban J connectivity index is 2.01. The van der Waals surface area contributed by atoms with Crippen LogP contribution in [0.2, 0.25) is 0 Å². The molecule has 0 radical (unpaired) electrons. The van der Waals surface area contributed by atoms with Crippen molar-refractivity contribution >= 4 is 77.5 Å². The molecule has 77 heavy (non-hydrogen) atoms. The van der Waals surface area contributed by atoms with Crippen LogP contribution in [0.5, 0.6) is 5.75 Å². The van der Waals surface area contributed by atoms with Gasteiger partial charge in [0.2, 0.25) is 35.4 Å². The molecule has 2 heterocycles. The number of amides is 6. The number of phenols is 1. The van der Waals surface area contributed by atoms with E-state index in [9.17, 15) is 48.6 Å². The van der Waals surface area contributed by atoms with Gasteiger partial charge in [-0.2, -0.15) is 12.6 Å². The summed E-state index contributed by atoms with van der Waals surface area (Å²) in [5.74, 6) is -8.00. The minimum atomic E-state index is -1.26. The highest BCUT2D eigenvalue weighted by Gasteiger charge is 2.45. The maximum atomic E-state index is 15.0. The topological polar surface area (TPSA) is 369 Å². The molecule has 6 amide bonds. The molecule has 1 aromatic rings. The maximum absolute atomic E-state index is 15.0. The van der Waals surface area contributed by atoms with Gasteiger partial charge < -0.3 is 63.8 Å². The molecule has 2 aliphatic rings. The van der Waals surface area contributed by atoms with Gasteiger partial charge in [-0.15, -0.1) is 0 Å². The van der Waals surface area contributed by atoms with Crippen LogP contribution in [0.3, 0.4) is 0 Å². The van der Waals surface area contributed by atoms with Gasteiger partial charge in [-0.3, -0.25) is 53.1 Å². The lowest BCUT2D eigenvalue weighted by molar-refractivity contribution is -0.149. The number of thiol groups is 1. The van der Waals surface area contributed by atoms with Crippen molar-refractivity contribution in [3.05, 3.63) is 29.8 Å². The van der Waals surface area contributed by atoms with Crippen LogP contribution in [0.15, 0.2) is 34.3 Å². The van der Waals surface area contributed by atoms with Crippen LogP contribution in [-0.4, -0.2) is 164 Å². The van der Waals surface area contributed by atoms with Crippen LogP contribution in [0.4, 0.5) is 0 Å². The summed E-state index contributed by atoms with van der Waals surface area (Å²) in [5.41, 5.74) is 22.1. The quantitative estimate of drug-likeness (QED) is 0.0234. The van der Waals surface area contributed by atoms with Crippen LogP contribution in [0.25, 0.3) is 0 Å². The molecule has 24 heteroatoms. The Morgan fingerprint density at radius 3 is 1.82 bits per heavy atom. The Kier molecular flexibility index (Phi) is 24.7. The van der Waals surface area contributed by atoms with E-state index in [2.05, 4.69) is 38.6 Å². The molecule has 3 rings (SSSR count). The van der Waals surface area contributed by atoms with Crippen molar-refractivity contribution in [2.75, 3.05) is 33.2 Å². The average Bonchev–Trinajstić information content (AvgIpc) is 4.03. The normalized spacial score (nSPS) is 18.0. The fraction of sp³-hybridized carbons (Fsp3) is 0.679. The number of guanidine groups is 2. The predicted molar refractivity (Wildman–Crippen MR) is 295 cm³/mol. The highest BCUT2D eigenvalue weighted by molar-refractivity contribution is 7.81. The molecule has 0 spiro atoms. The number of Topliss-reactive ketones (excluding diaryl/α,β-unsaturated/α-hetero) is 2. The molecule has 0 unspecified atom stereocenters. The fourth-order valence-electron chi connectivity index (χ4n) is 9.97. The van der Waals surface area contributed by atoms with Gasteiger partial charge in [0.25, 0.3) is 0 Å². The number of rotatable bonds is 29. The van der Waals surface area contributed by atoms with E-state index in [1.165, 1.54) is 40.8 Å². The first-order chi connectivity index (χ1) is 35.8. The number of nitrogens with two attached hydrogens (primary N) is 4. The van der Waals surface area contributed by atoms with E-state index < -0.39 is 111 Å². The third-order valence-electron chi connectivity index (χ3n) is 13.9. The second-order valence-corrected chi connectivity index (χ2v) is 23.6. The van der Waals surface area contributed by atoms with E-state index in [1.807, 2.05) is 13.8 Å². The van der Waals surface area contributed by atoms with Gasteiger partial charge in [0.05, 0.1) is 18.0 Å².